The number of fused-ring (bicyclic) bond motifs is 1. The summed E-state index contributed by atoms with van der Waals surface area (Å²) in [5.74, 6) is 0. The zero-order chi connectivity index (χ0) is 14.0. The molecule has 1 aromatic carbocycles. The molecule has 7 heteroatoms. The number of benzene rings is 1. The molecule has 1 N–H and O–H groups in total. The van der Waals surface area contributed by atoms with E-state index in [0.717, 1.165) is 22.9 Å². The van der Waals surface area contributed by atoms with Crippen molar-refractivity contribution in [2.24, 2.45) is 0 Å². The smallest absolute Gasteiger partial charge is 0.407 e. The van der Waals surface area contributed by atoms with Gasteiger partial charge in [0.25, 0.3) is 10.1 Å². The fourth-order valence-corrected chi connectivity index (χ4v) is 2.38. The summed E-state index contributed by atoms with van der Waals surface area (Å²) in [6, 6.07) is 5.46. The molecule has 0 spiro atoms. The Morgan fingerprint density at radius 1 is 1.42 bits per heavy atom. The third kappa shape index (κ3) is 3.68. The maximum absolute atomic E-state index is 10.9. The molecule has 0 bridgehead atoms. The lowest BCUT2D eigenvalue weighted by molar-refractivity contribution is 0.140. The summed E-state index contributed by atoms with van der Waals surface area (Å²) in [6.45, 7) is 0.839. The Balaban J connectivity index is 2.11. The lowest BCUT2D eigenvalue weighted by Crippen LogP contribution is -2.34. The minimum Gasteiger partial charge on any atom is -0.465 e. The van der Waals surface area contributed by atoms with E-state index in [2.05, 4.69) is 0 Å². The highest BCUT2D eigenvalue weighted by molar-refractivity contribution is 7.85. The first kappa shape index (κ1) is 13.8. The summed E-state index contributed by atoms with van der Waals surface area (Å²) in [4.78, 5) is 12.2. The molecular weight excluding hydrogens is 270 g/mol. The number of hydrogen-bond donors (Lipinski definition) is 1. The van der Waals surface area contributed by atoms with E-state index in [0.29, 0.717) is 19.5 Å². The average molecular weight is 285 g/mol. The van der Waals surface area contributed by atoms with Crippen LogP contribution in [0.5, 0.6) is 0 Å². The summed E-state index contributed by atoms with van der Waals surface area (Å²) in [6.07, 6.45) is 0.722. The van der Waals surface area contributed by atoms with Crippen molar-refractivity contribution >= 4 is 16.2 Å². The largest absolute Gasteiger partial charge is 0.465 e. The molecule has 1 amide bonds. The van der Waals surface area contributed by atoms with Gasteiger partial charge in [0.2, 0.25) is 0 Å². The first-order valence-electron chi connectivity index (χ1n) is 5.78. The van der Waals surface area contributed by atoms with Crippen LogP contribution in [0.4, 0.5) is 4.79 Å². The normalized spacial score (nSPS) is 15.1. The van der Waals surface area contributed by atoms with Gasteiger partial charge in [0, 0.05) is 13.1 Å². The fraction of sp³-hybridized carbons (Fsp3) is 0.417. The highest BCUT2D eigenvalue weighted by atomic mass is 32.2. The van der Waals surface area contributed by atoms with Crippen LogP contribution in [0.15, 0.2) is 18.2 Å². The summed E-state index contributed by atoms with van der Waals surface area (Å²) in [5.41, 5.74) is 2.77. The van der Waals surface area contributed by atoms with Gasteiger partial charge in [-0.1, -0.05) is 18.2 Å². The number of rotatable bonds is 3. The van der Waals surface area contributed by atoms with Gasteiger partial charge in [0.1, 0.15) is 0 Å². The number of amides is 1. The SMILES string of the molecule is CS(=O)(=O)OCc1ccc2c(c1)CCN(C(=O)O)C2. The third-order valence-electron chi connectivity index (χ3n) is 2.99. The molecular formula is C12H15NO5S. The number of carboxylic acid groups (broad SMARTS) is 1. The lowest BCUT2D eigenvalue weighted by atomic mass is 9.98. The van der Waals surface area contributed by atoms with Crippen LogP contribution in [0, 0.1) is 0 Å². The molecule has 104 valence electrons. The van der Waals surface area contributed by atoms with Crippen LogP contribution in [-0.2, 0) is 33.9 Å². The van der Waals surface area contributed by atoms with E-state index in [4.69, 9.17) is 9.29 Å². The number of nitrogens with zero attached hydrogens (tertiary/aromatic N) is 1. The van der Waals surface area contributed by atoms with Crippen molar-refractivity contribution < 1.29 is 22.5 Å². The molecule has 6 nitrogen and oxygen atoms in total. The van der Waals surface area contributed by atoms with Gasteiger partial charge < -0.3 is 10.0 Å². The van der Waals surface area contributed by atoms with Crippen LogP contribution < -0.4 is 0 Å². The van der Waals surface area contributed by atoms with Crippen LogP contribution in [0.1, 0.15) is 16.7 Å². The van der Waals surface area contributed by atoms with Crippen LogP contribution in [0.2, 0.25) is 0 Å². The molecule has 0 aromatic heterocycles. The van der Waals surface area contributed by atoms with Gasteiger partial charge in [0.05, 0.1) is 12.9 Å². The van der Waals surface area contributed by atoms with Crippen LogP contribution >= 0.6 is 0 Å². The second-order valence-corrected chi connectivity index (χ2v) is 6.17. The molecule has 0 fully saturated rings. The lowest BCUT2D eigenvalue weighted by Gasteiger charge is -2.26. The predicted octanol–water partition coefficient (Wildman–Crippen LogP) is 1.20. The van der Waals surface area contributed by atoms with Gasteiger partial charge in [-0.3, -0.25) is 4.18 Å². The molecule has 1 aromatic rings. The third-order valence-corrected chi connectivity index (χ3v) is 3.54. The quantitative estimate of drug-likeness (QED) is 0.844. The first-order valence-corrected chi connectivity index (χ1v) is 7.60. The van der Waals surface area contributed by atoms with Crippen molar-refractivity contribution in [3.63, 3.8) is 0 Å². The van der Waals surface area contributed by atoms with Gasteiger partial charge in [-0.25, -0.2) is 4.79 Å². The van der Waals surface area contributed by atoms with Crippen molar-refractivity contribution in [2.45, 2.75) is 19.6 Å². The van der Waals surface area contributed by atoms with E-state index in [9.17, 15) is 13.2 Å². The molecule has 0 atom stereocenters. The van der Waals surface area contributed by atoms with Gasteiger partial charge in [-0.05, 0) is 23.1 Å². The summed E-state index contributed by atoms with van der Waals surface area (Å²) in [5, 5.41) is 8.93. The van der Waals surface area contributed by atoms with Crippen LogP contribution in [-0.4, -0.2) is 37.3 Å². The molecule has 0 unspecified atom stereocenters. The molecule has 1 heterocycles. The molecule has 1 aliphatic rings. The molecule has 1 aliphatic heterocycles. The van der Waals surface area contributed by atoms with Crippen molar-refractivity contribution in [2.75, 3.05) is 12.8 Å². The Morgan fingerprint density at radius 3 is 2.79 bits per heavy atom. The fourth-order valence-electron chi connectivity index (χ4n) is 2.03. The Labute approximate surface area is 111 Å². The van der Waals surface area contributed by atoms with Crippen molar-refractivity contribution in [3.8, 4) is 0 Å². The van der Waals surface area contributed by atoms with E-state index >= 15 is 0 Å². The number of carbonyl (C=O) groups is 1. The van der Waals surface area contributed by atoms with E-state index < -0.39 is 16.2 Å². The maximum atomic E-state index is 10.9. The highest BCUT2D eigenvalue weighted by Crippen LogP contribution is 2.21. The molecule has 19 heavy (non-hydrogen) atoms. The maximum Gasteiger partial charge on any atom is 0.407 e. The van der Waals surface area contributed by atoms with Crippen molar-refractivity contribution in [1.29, 1.82) is 0 Å². The van der Waals surface area contributed by atoms with Crippen LogP contribution in [0.25, 0.3) is 0 Å². The molecule has 0 saturated heterocycles. The van der Waals surface area contributed by atoms with Gasteiger partial charge in [0.15, 0.2) is 0 Å². The molecule has 0 saturated carbocycles. The first-order chi connectivity index (χ1) is 8.85. The predicted molar refractivity (Wildman–Crippen MR) is 68.2 cm³/mol. The summed E-state index contributed by atoms with van der Waals surface area (Å²) in [7, 11) is -3.45. The van der Waals surface area contributed by atoms with Crippen molar-refractivity contribution in [3.05, 3.63) is 34.9 Å². The molecule has 0 aliphatic carbocycles. The Bertz CT molecular complexity index is 596. The van der Waals surface area contributed by atoms with Crippen LogP contribution in [0.3, 0.4) is 0 Å². The topological polar surface area (TPSA) is 83.9 Å². The van der Waals surface area contributed by atoms with Gasteiger partial charge in [-0.2, -0.15) is 8.42 Å². The Hall–Kier alpha value is -1.60. The zero-order valence-corrected chi connectivity index (χ0v) is 11.3. The minimum absolute atomic E-state index is 0.00869. The van der Waals surface area contributed by atoms with Gasteiger partial charge in [-0.15, -0.1) is 0 Å². The van der Waals surface area contributed by atoms with E-state index in [1.165, 1.54) is 4.90 Å². The second-order valence-electron chi connectivity index (χ2n) is 4.52. The summed E-state index contributed by atoms with van der Waals surface area (Å²) < 4.78 is 26.6. The molecule has 0 radical (unpaired) electrons. The van der Waals surface area contributed by atoms with Crippen molar-refractivity contribution in [1.82, 2.24) is 4.90 Å². The van der Waals surface area contributed by atoms with E-state index in [-0.39, 0.29) is 6.61 Å². The van der Waals surface area contributed by atoms with E-state index in [1.807, 2.05) is 12.1 Å². The van der Waals surface area contributed by atoms with E-state index in [1.54, 1.807) is 6.07 Å². The Morgan fingerprint density at radius 2 is 2.16 bits per heavy atom. The number of hydrogen-bond acceptors (Lipinski definition) is 4. The standard InChI is InChI=1S/C12H15NO5S/c1-19(16,17)18-8-9-2-3-11-7-13(12(14)15)5-4-10(11)6-9/h2-3,6H,4-5,7-8H2,1H3,(H,14,15). The molecule has 2 rings (SSSR count). The average Bonchev–Trinajstić information content (AvgIpc) is 2.34. The highest BCUT2D eigenvalue weighted by Gasteiger charge is 2.20. The summed E-state index contributed by atoms with van der Waals surface area (Å²) >= 11 is 0. The van der Waals surface area contributed by atoms with Gasteiger partial charge >= 0.3 is 6.09 Å². The Kier molecular flexibility index (Phi) is 3.77. The minimum atomic E-state index is -3.45. The zero-order valence-electron chi connectivity index (χ0n) is 10.5. The monoisotopic (exact) mass is 285 g/mol. The second kappa shape index (κ2) is 5.18.